The van der Waals surface area contributed by atoms with Crippen LogP contribution in [0.4, 0.5) is 0 Å². The van der Waals surface area contributed by atoms with E-state index in [0.29, 0.717) is 6.04 Å². The molecule has 1 heteroatoms. The highest BCUT2D eigenvalue weighted by Gasteiger charge is 2.19. The van der Waals surface area contributed by atoms with E-state index in [4.69, 9.17) is 0 Å². The maximum Gasteiger partial charge on any atom is 0.0323 e. The van der Waals surface area contributed by atoms with E-state index >= 15 is 0 Å². The number of benzene rings is 1. The second-order valence-corrected chi connectivity index (χ2v) is 5.45. The van der Waals surface area contributed by atoms with E-state index in [0.717, 1.165) is 12.5 Å². The van der Waals surface area contributed by atoms with E-state index < -0.39 is 0 Å². The van der Waals surface area contributed by atoms with Gasteiger partial charge in [0.05, 0.1) is 0 Å². The summed E-state index contributed by atoms with van der Waals surface area (Å²) in [6.45, 7) is 5.78. The first-order valence-electron chi connectivity index (χ1n) is 7.12. The van der Waals surface area contributed by atoms with Crippen molar-refractivity contribution in [2.24, 2.45) is 5.92 Å². The summed E-state index contributed by atoms with van der Waals surface area (Å²) in [6, 6.07) is 9.53. The molecule has 1 aromatic carbocycles. The normalized spacial score (nSPS) is 20.9. The quantitative estimate of drug-likeness (QED) is 0.805. The van der Waals surface area contributed by atoms with Crippen LogP contribution in [0, 0.1) is 5.92 Å². The molecule has 94 valence electrons. The summed E-state index contributed by atoms with van der Waals surface area (Å²) in [5.41, 5.74) is 3.10. The molecular weight excluding hydrogens is 206 g/mol. The van der Waals surface area contributed by atoms with Crippen LogP contribution in [-0.2, 0) is 6.42 Å². The SMILES string of the molecule is CCCC(C)CNC1CCCc2ccccc21. The Balaban J connectivity index is 1.94. The molecule has 1 aliphatic carbocycles. The molecule has 2 atom stereocenters. The van der Waals surface area contributed by atoms with Crippen LogP contribution in [0.5, 0.6) is 0 Å². The summed E-state index contributed by atoms with van der Waals surface area (Å²) in [4.78, 5) is 0. The van der Waals surface area contributed by atoms with Crippen molar-refractivity contribution in [3.63, 3.8) is 0 Å². The Labute approximate surface area is 106 Å². The molecule has 0 fully saturated rings. The monoisotopic (exact) mass is 231 g/mol. The largest absolute Gasteiger partial charge is 0.310 e. The van der Waals surface area contributed by atoms with Crippen molar-refractivity contribution in [3.05, 3.63) is 35.4 Å². The Morgan fingerprint density at radius 1 is 1.35 bits per heavy atom. The molecule has 0 heterocycles. The van der Waals surface area contributed by atoms with Crippen LogP contribution in [0.25, 0.3) is 0 Å². The standard InChI is InChI=1S/C16H25N/c1-3-7-13(2)12-17-16-11-6-9-14-8-4-5-10-15(14)16/h4-5,8,10,13,16-17H,3,6-7,9,11-12H2,1-2H3. The lowest BCUT2D eigenvalue weighted by atomic mass is 9.87. The van der Waals surface area contributed by atoms with E-state index in [-0.39, 0.29) is 0 Å². The molecule has 0 radical (unpaired) electrons. The average Bonchev–Trinajstić information content (AvgIpc) is 2.36. The van der Waals surface area contributed by atoms with Crippen molar-refractivity contribution < 1.29 is 0 Å². The van der Waals surface area contributed by atoms with Gasteiger partial charge in [-0.2, -0.15) is 0 Å². The molecule has 1 aromatic rings. The predicted molar refractivity (Wildman–Crippen MR) is 74.2 cm³/mol. The van der Waals surface area contributed by atoms with Gasteiger partial charge in [0.1, 0.15) is 0 Å². The Bertz CT molecular complexity index is 345. The zero-order valence-corrected chi connectivity index (χ0v) is 11.2. The lowest BCUT2D eigenvalue weighted by molar-refractivity contribution is 0.400. The van der Waals surface area contributed by atoms with Crippen LogP contribution < -0.4 is 5.32 Å². The summed E-state index contributed by atoms with van der Waals surface area (Å²) < 4.78 is 0. The smallest absolute Gasteiger partial charge is 0.0323 e. The lowest BCUT2D eigenvalue weighted by Crippen LogP contribution is -2.29. The Hall–Kier alpha value is -0.820. The number of rotatable bonds is 5. The fourth-order valence-corrected chi connectivity index (χ4v) is 2.90. The zero-order chi connectivity index (χ0) is 12.1. The first-order chi connectivity index (χ1) is 8.31. The highest BCUT2D eigenvalue weighted by atomic mass is 14.9. The van der Waals surface area contributed by atoms with Gasteiger partial charge in [-0.25, -0.2) is 0 Å². The van der Waals surface area contributed by atoms with Crippen molar-refractivity contribution in [2.45, 2.75) is 52.0 Å². The maximum absolute atomic E-state index is 3.76. The molecule has 0 aromatic heterocycles. The number of fused-ring (bicyclic) bond motifs is 1. The summed E-state index contributed by atoms with van der Waals surface area (Å²) in [5, 5.41) is 3.76. The fraction of sp³-hybridized carbons (Fsp3) is 0.625. The van der Waals surface area contributed by atoms with Crippen molar-refractivity contribution in [2.75, 3.05) is 6.54 Å². The van der Waals surface area contributed by atoms with Crippen LogP contribution in [0.3, 0.4) is 0 Å². The van der Waals surface area contributed by atoms with Gasteiger partial charge in [0.2, 0.25) is 0 Å². The van der Waals surface area contributed by atoms with Gasteiger partial charge < -0.3 is 5.32 Å². The van der Waals surface area contributed by atoms with Crippen molar-refractivity contribution in [1.82, 2.24) is 5.32 Å². The molecule has 1 N–H and O–H groups in total. The van der Waals surface area contributed by atoms with E-state index in [1.807, 2.05) is 0 Å². The van der Waals surface area contributed by atoms with E-state index in [9.17, 15) is 0 Å². The molecule has 0 saturated carbocycles. The van der Waals surface area contributed by atoms with Gasteiger partial charge in [0.15, 0.2) is 0 Å². The van der Waals surface area contributed by atoms with Crippen LogP contribution in [-0.4, -0.2) is 6.54 Å². The maximum atomic E-state index is 3.76. The second kappa shape index (κ2) is 6.20. The summed E-state index contributed by atoms with van der Waals surface area (Å²) in [6.07, 6.45) is 6.52. The van der Waals surface area contributed by atoms with Crippen LogP contribution in [0.15, 0.2) is 24.3 Å². The minimum absolute atomic E-state index is 0.597. The second-order valence-electron chi connectivity index (χ2n) is 5.45. The average molecular weight is 231 g/mol. The predicted octanol–water partition coefficient (Wildman–Crippen LogP) is 4.09. The minimum Gasteiger partial charge on any atom is -0.310 e. The molecule has 17 heavy (non-hydrogen) atoms. The molecule has 0 saturated heterocycles. The Morgan fingerprint density at radius 2 is 2.18 bits per heavy atom. The Morgan fingerprint density at radius 3 is 3.00 bits per heavy atom. The fourth-order valence-electron chi connectivity index (χ4n) is 2.90. The molecule has 0 aliphatic heterocycles. The van der Waals surface area contributed by atoms with Gasteiger partial charge >= 0.3 is 0 Å². The Kier molecular flexibility index (Phi) is 4.61. The lowest BCUT2D eigenvalue weighted by Gasteiger charge is -2.27. The van der Waals surface area contributed by atoms with Gasteiger partial charge in [-0.3, -0.25) is 0 Å². The molecular formula is C16H25N. The number of hydrogen-bond acceptors (Lipinski definition) is 1. The molecule has 0 bridgehead atoms. The molecule has 2 rings (SSSR count). The highest BCUT2D eigenvalue weighted by Crippen LogP contribution is 2.29. The number of nitrogens with one attached hydrogen (secondary N) is 1. The molecule has 0 amide bonds. The van der Waals surface area contributed by atoms with E-state index in [2.05, 4.69) is 43.4 Å². The van der Waals surface area contributed by atoms with Gasteiger partial charge in [0, 0.05) is 6.04 Å². The highest BCUT2D eigenvalue weighted by molar-refractivity contribution is 5.32. The third-order valence-electron chi connectivity index (χ3n) is 3.86. The van der Waals surface area contributed by atoms with E-state index in [1.54, 1.807) is 11.1 Å². The summed E-state index contributed by atoms with van der Waals surface area (Å²) in [7, 11) is 0. The summed E-state index contributed by atoms with van der Waals surface area (Å²) >= 11 is 0. The van der Waals surface area contributed by atoms with Gasteiger partial charge in [-0.05, 0) is 49.3 Å². The van der Waals surface area contributed by atoms with E-state index in [1.165, 1.54) is 32.1 Å². The molecule has 1 aliphatic rings. The first kappa shape index (κ1) is 12.6. The van der Waals surface area contributed by atoms with Crippen molar-refractivity contribution >= 4 is 0 Å². The van der Waals surface area contributed by atoms with Crippen LogP contribution in [0.1, 0.15) is 56.7 Å². The van der Waals surface area contributed by atoms with Crippen molar-refractivity contribution in [1.29, 1.82) is 0 Å². The number of aryl methyl sites for hydroxylation is 1. The first-order valence-corrected chi connectivity index (χ1v) is 7.12. The summed E-state index contributed by atoms with van der Waals surface area (Å²) in [5.74, 6) is 0.800. The topological polar surface area (TPSA) is 12.0 Å². The number of hydrogen-bond donors (Lipinski definition) is 1. The minimum atomic E-state index is 0.597. The van der Waals surface area contributed by atoms with Crippen molar-refractivity contribution in [3.8, 4) is 0 Å². The third-order valence-corrected chi connectivity index (χ3v) is 3.86. The molecule has 1 nitrogen and oxygen atoms in total. The third kappa shape index (κ3) is 3.32. The van der Waals surface area contributed by atoms with Gasteiger partial charge in [-0.1, -0.05) is 44.5 Å². The van der Waals surface area contributed by atoms with Crippen LogP contribution >= 0.6 is 0 Å². The van der Waals surface area contributed by atoms with Gasteiger partial charge in [0.25, 0.3) is 0 Å². The molecule has 0 spiro atoms. The molecule has 2 unspecified atom stereocenters. The van der Waals surface area contributed by atoms with Gasteiger partial charge in [-0.15, -0.1) is 0 Å². The zero-order valence-electron chi connectivity index (χ0n) is 11.2. The van der Waals surface area contributed by atoms with Crippen LogP contribution in [0.2, 0.25) is 0 Å².